The molecule has 0 N–H and O–H groups in total. The molecule has 0 aromatic heterocycles. The largest absolute Gasteiger partial charge is 0.108 e. The SMILES string of the molecule is CC(C)(C)C(Br)=C=C(Br)C(Br)Br. The third-order valence-corrected chi connectivity index (χ3v) is 5.27. The highest BCUT2D eigenvalue weighted by molar-refractivity contribution is 9.26. The van der Waals surface area contributed by atoms with Crippen LogP contribution in [0.5, 0.6) is 0 Å². The standard InChI is InChI=1S/C8H10Br4/c1-8(2,3)6(10)4-5(9)7(11)12/h7H,1-3H3. The van der Waals surface area contributed by atoms with Crippen molar-refractivity contribution in [1.82, 2.24) is 0 Å². The minimum Gasteiger partial charge on any atom is -0.0961 e. The number of allylic oxidation sites excluding steroid dienone is 1. The van der Waals surface area contributed by atoms with Crippen LogP contribution in [0, 0.1) is 5.41 Å². The maximum Gasteiger partial charge on any atom is 0.108 e. The molecule has 0 heterocycles. The molecule has 0 saturated heterocycles. The van der Waals surface area contributed by atoms with Gasteiger partial charge in [-0.15, -0.1) is 0 Å². The fourth-order valence-electron chi connectivity index (χ4n) is 0.347. The first-order chi connectivity index (χ1) is 5.25. The molecule has 0 atom stereocenters. The molecule has 0 aliphatic rings. The molecule has 0 radical (unpaired) electrons. The van der Waals surface area contributed by atoms with Gasteiger partial charge in [0.15, 0.2) is 0 Å². The average Bonchev–Trinajstić information content (AvgIpc) is 1.85. The van der Waals surface area contributed by atoms with Gasteiger partial charge in [-0.2, -0.15) is 0 Å². The molecule has 70 valence electrons. The molecule has 0 saturated carbocycles. The minimum absolute atomic E-state index is 0.105. The Balaban J connectivity index is 4.88. The summed E-state index contributed by atoms with van der Waals surface area (Å²) in [4.78, 5) is 0. The number of hydrogen-bond acceptors (Lipinski definition) is 0. The lowest BCUT2D eigenvalue weighted by Gasteiger charge is -2.15. The van der Waals surface area contributed by atoms with Gasteiger partial charge >= 0.3 is 0 Å². The predicted molar refractivity (Wildman–Crippen MR) is 69.5 cm³/mol. The molecule has 0 amide bonds. The van der Waals surface area contributed by atoms with Crippen LogP contribution in [-0.4, -0.2) is 3.74 Å². The lowest BCUT2D eigenvalue weighted by molar-refractivity contribution is 0.536. The third-order valence-electron chi connectivity index (χ3n) is 1.08. The predicted octanol–water partition coefficient (Wildman–Crippen LogP) is 5.30. The maximum atomic E-state index is 3.48. The van der Waals surface area contributed by atoms with E-state index in [0.717, 1.165) is 8.96 Å². The molecule has 12 heavy (non-hydrogen) atoms. The Kier molecular flexibility index (Phi) is 6.00. The van der Waals surface area contributed by atoms with Crippen LogP contribution in [0.1, 0.15) is 20.8 Å². The highest BCUT2D eigenvalue weighted by atomic mass is 79.9. The van der Waals surface area contributed by atoms with Gasteiger partial charge in [0.25, 0.3) is 0 Å². The van der Waals surface area contributed by atoms with Gasteiger partial charge in [0.1, 0.15) is 3.74 Å². The van der Waals surface area contributed by atoms with Crippen molar-refractivity contribution >= 4 is 63.7 Å². The summed E-state index contributed by atoms with van der Waals surface area (Å²) in [6, 6.07) is 0. The van der Waals surface area contributed by atoms with Crippen molar-refractivity contribution in [1.29, 1.82) is 0 Å². The Morgan fingerprint density at radius 3 is 1.83 bits per heavy atom. The van der Waals surface area contributed by atoms with E-state index in [-0.39, 0.29) is 9.15 Å². The number of rotatable bonds is 1. The van der Waals surface area contributed by atoms with Crippen LogP contribution in [-0.2, 0) is 0 Å². The molecule has 0 nitrogen and oxygen atoms in total. The number of hydrogen-bond donors (Lipinski definition) is 0. The molecule has 0 aromatic rings. The van der Waals surface area contributed by atoms with Crippen LogP contribution in [0.15, 0.2) is 14.7 Å². The number of halogens is 4. The Morgan fingerprint density at radius 2 is 1.58 bits per heavy atom. The molecule has 0 bridgehead atoms. The highest BCUT2D eigenvalue weighted by Gasteiger charge is 2.14. The Hall–Kier alpha value is 1.44. The number of alkyl halides is 2. The summed E-state index contributed by atoms with van der Waals surface area (Å²) >= 11 is 13.6. The normalized spacial score (nSPS) is 11.3. The smallest absolute Gasteiger partial charge is 0.0961 e. The van der Waals surface area contributed by atoms with Crippen LogP contribution < -0.4 is 0 Å². The van der Waals surface area contributed by atoms with E-state index in [9.17, 15) is 0 Å². The molecule has 0 aromatic carbocycles. The van der Waals surface area contributed by atoms with Crippen LogP contribution in [0.25, 0.3) is 0 Å². The van der Waals surface area contributed by atoms with E-state index in [1.54, 1.807) is 0 Å². The summed E-state index contributed by atoms with van der Waals surface area (Å²) in [6.45, 7) is 6.38. The average molecular weight is 426 g/mol. The molecule has 0 spiro atoms. The van der Waals surface area contributed by atoms with E-state index in [4.69, 9.17) is 0 Å². The topological polar surface area (TPSA) is 0 Å². The van der Waals surface area contributed by atoms with Gasteiger partial charge in [-0.3, -0.25) is 0 Å². The summed E-state index contributed by atoms with van der Waals surface area (Å²) in [5, 5.41) is 0. The molecular formula is C8H10Br4. The van der Waals surface area contributed by atoms with Crippen molar-refractivity contribution in [3.05, 3.63) is 14.7 Å². The molecule has 0 unspecified atom stereocenters. The van der Waals surface area contributed by atoms with Gasteiger partial charge in [0.05, 0.1) is 4.48 Å². The van der Waals surface area contributed by atoms with Crippen molar-refractivity contribution in [3.8, 4) is 0 Å². The first kappa shape index (κ1) is 13.4. The molecule has 0 rings (SSSR count). The zero-order valence-corrected chi connectivity index (χ0v) is 13.4. The van der Waals surface area contributed by atoms with Crippen LogP contribution in [0.3, 0.4) is 0 Å². The van der Waals surface area contributed by atoms with E-state index in [1.165, 1.54) is 0 Å². The Morgan fingerprint density at radius 1 is 1.17 bits per heavy atom. The third kappa shape index (κ3) is 5.23. The first-order valence-electron chi connectivity index (χ1n) is 3.35. The quantitative estimate of drug-likeness (QED) is 0.395. The molecule has 0 aliphatic heterocycles. The second-order valence-corrected chi connectivity index (χ2v) is 8.05. The van der Waals surface area contributed by atoms with Crippen molar-refractivity contribution < 1.29 is 0 Å². The molecule has 0 aliphatic carbocycles. The van der Waals surface area contributed by atoms with E-state index in [0.29, 0.717) is 0 Å². The second kappa shape index (κ2) is 5.35. The van der Waals surface area contributed by atoms with Crippen molar-refractivity contribution in [3.63, 3.8) is 0 Å². The Bertz CT molecular complexity index is 216. The van der Waals surface area contributed by atoms with Crippen LogP contribution in [0.2, 0.25) is 0 Å². The van der Waals surface area contributed by atoms with Gasteiger partial charge < -0.3 is 0 Å². The van der Waals surface area contributed by atoms with E-state index in [2.05, 4.69) is 90.2 Å². The lowest BCUT2D eigenvalue weighted by atomic mass is 9.97. The summed E-state index contributed by atoms with van der Waals surface area (Å²) in [5.41, 5.74) is 3.30. The molecule has 4 heteroatoms. The van der Waals surface area contributed by atoms with Crippen molar-refractivity contribution in [2.75, 3.05) is 0 Å². The fraction of sp³-hybridized carbons (Fsp3) is 0.625. The van der Waals surface area contributed by atoms with Gasteiger partial charge in [0.2, 0.25) is 0 Å². The first-order valence-corrected chi connectivity index (χ1v) is 6.77. The van der Waals surface area contributed by atoms with Crippen molar-refractivity contribution in [2.24, 2.45) is 5.41 Å². The monoisotopic (exact) mass is 422 g/mol. The summed E-state index contributed by atoms with van der Waals surface area (Å²) in [6.07, 6.45) is 0. The minimum atomic E-state index is 0.105. The van der Waals surface area contributed by atoms with E-state index >= 15 is 0 Å². The Labute approximate surface area is 107 Å². The lowest BCUT2D eigenvalue weighted by Crippen LogP contribution is -2.03. The highest BCUT2D eigenvalue weighted by Crippen LogP contribution is 2.31. The van der Waals surface area contributed by atoms with Gasteiger partial charge in [-0.25, -0.2) is 0 Å². The van der Waals surface area contributed by atoms with E-state index in [1.807, 2.05) is 0 Å². The molecule has 0 fully saturated rings. The van der Waals surface area contributed by atoms with Crippen LogP contribution >= 0.6 is 63.7 Å². The molecular weight excluding hydrogens is 416 g/mol. The van der Waals surface area contributed by atoms with Gasteiger partial charge in [0, 0.05) is 9.90 Å². The van der Waals surface area contributed by atoms with Gasteiger partial charge in [-0.05, 0) is 31.9 Å². The van der Waals surface area contributed by atoms with E-state index < -0.39 is 0 Å². The van der Waals surface area contributed by atoms with Crippen molar-refractivity contribution in [2.45, 2.75) is 24.5 Å². The zero-order chi connectivity index (χ0) is 9.94. The van der Waals surface area contributed by atoms with Gasteiger partial charge in [-0.1, -0.05) is 58.4 Å². The summed E-state index contributed by atoms with van der Waals surface area (Å²) in [7, 11) is 0. The van der Waals surface area contributed by atoms with Crippen LogP contribution in [0.4, 0.5) is 0 Å². The summed E-state index contributed by atoms with van der Waals surface area (Å²) in [5.74, 6) is 0. The maximum absolute atomic E-state index is 3.48. The zero-order valence-electron chi connectivity index (χ0n) is 7.09. The summed E-state index contributed by atoms with van der Waals surface area (Å²) < 4.78 is 2.12. The second-order valence-electron chi connectivity index (χ2n) is 3.34. The fourth-order valence-corrected chi connectivity index (χ4v) is 1.25.